The number of nitrogens with one attached hydrogen (secondary N) is 2. The number of nitrogens with zero attached hydrogens (tertiary/aromatic N) is 2. The van der Waals surface area contributed by atoms with Gasteiger partial charge >= 0.3 is 0 Å². The van der Waals surface area contributed by atoms with E-state index in [2.05, 4.69) is 65.6 Å². The average molecular weight is 496 g/mol. The van der Waals surface area contributed by atoms with Crippen molar-refractivity contribution in [1.29, 1.82) is 0 Å². The Hall–Kier alpha value is -1.83. The molecule has 0 radical (unpaired) electrons. The number of benzene rings is 1. The van der Waals surface area contributed by atoms with Gasteiger partial charge in [0, 0.05) is 37.6 Å². The van der Waals surface area contributed by atoms with Crippen LogP contribution in [0.5, 0.6) is 5.75 Å². The van der Waals surface area contributed by atoms with E-state index in [1.54, 1.807) is 7.05 Å². The van der Waals surface area contributed by atoms with Crippen LogP contribution in [-0.4, -0.2) is 30.6 Å². The monoisotopic (exact) mass is 496 g/mol. The third-order valence-corrected chi connectivity index (χ3v) is 4.47. The number of aliphatic imine (C=N–C) groups is 1. The van der Waals surface area contributed by atoms with Crippen molar-refractivity contribution in [3.63, 3.8) is 0 Å². The molecule has 1 aromatic heterocycles. The largest absolute Gasteiger partial charge is 0.490 e. The number of hydrogen-bond acceptors (Lipinski definition) is 3. The summed E-state index contributed by atoms with van der Waals surface area (Å²) in [5.41, 5.74) is 4.59. The molecule has 6 heteroatoms. The summed E-state index contributed by atoms with van der Waals surface area (Å²) < 4.78 is 6.08. The number of pyridine rings is 1. The first-order chi connectivity index (χ1) is 13.0. The van der Waals surface area contributed by atoms with Gasteiger partial charge in [-0.1, -0.05) is 25.1 Å². The fourth-order valence-corrected chi connectivity index (χ4v) is 2.59. The van der Waals surface area contributed by atoms with Gasteiger partial charge in [-0.15, -0.1) is 24.0 Å². The Labute approximate surface area is 186 Å². The van der Waals surface area contributed by atoms with Gasteiger partial charge in [-0.2, -0.15) is 0 Å². The van der Waals surface area contributed by atoms with E-state index in [-0.39, 0.29) is 30.1 Å². The van der Waals surface area contributed by atoms with Crippen LogP contribution >= 0.6 is 24.0 Å². The predicted octanol–water partition coefficient (Wildman–Crippen LogP) is 4.40. The number of halogens is 1. The maximum absolute atomic E-state index is 6.08. The standard InChI is InChI=1S/C22H32N4O.HI/c1-6-18(4)27-21-13-16(2)7-10-20(21)15-26-22(23-5)24-12-11-19-9-8-17(3)25-14-19;/h7-10,13-14,18H,6,11-12,15H2,1-5H3,(H2,23,24,26);1H. The zero-order valence-corrected chi connectivity index (χ0v) is 19.9. The van der Waals surface area contributed by atoms with Gasteiger partial charge in [-0.3, -0.25) is 9.98 Å². The summed E-state index contributed by atoms with van der Waals surface area (Å²) in [6.07, 6.45) is 4.02. The molecule has 1 unspecified atom stereocenters. The van der Waals surface area contributed by atoms with Crippen molar-refractivity contribution >= 4 is 29.9 Å². The lowest BCUT2D eigenvalue weighted by atomic mass is 10.1. The van der Waals surface area contributed by atoms with E-state index < -0.39 is 0 Å². The maximum atomic E-state index is 6.08. The van der Waals surface area contributed by atoms with Gasteiger partial charge in [-0.05, 0) is 56.9 Å². The van der Waals surface area contributed by atoms with Gasteiger partial charge < -0.3 is 15.4 Å². The number of guanidine groups is 1. The number of aryl methyl sites for hydroxylation is 2. The maximum Gasteiger partial charge on any atom is 0.191 e. The van der Waals surface area contributed by atoms with Gasteiger partial charge in [0.05, 0.1) is 6.10 Å². The highest BCUT2D eigenvalue weighted by atomic mass is 127. The molecule has 2 aromatic rings. The minimum atomic E-state index is 0. The van der Waals surface area contributed by atoms with Crippen LogP contribution in [0.1, 0.15) is 42.7 Å². The molecular formula is C22H33IN4O. The Morgan fingerprint density at radius 2 is 1.96 bits per heavy atom. The molecule has 5 nitrogen and oxygen atoms in total. The Bertz CT molecular complexity index is 747. The Kier molecular flexibility index (Phi) is 10.9. The molecule has 0 bridgehead atoms. The summed E-state index contributed by atoms with van der Waals surface area (Å²) in [7, 11) is 1.79. The summed E-state index contributed by atoms with van der Waals surface area (Å²) in [6.45, 7) is 9.78. The molecule has 1 aromatic carbocycles. The number of hydrogen-bond donors (Lipinski definition) is 2. The molecule has 1 atom stereocenters. The Morgan fingerprint density at radius 3 is 2.61 bits per heavy atom. The topological polar surface area (TPSA) is 58.5 Å². The van der Waals surface area contributed by atoms with E-state index in [1.807, 2.05) is 19.2 Å². The normalized spacial score (nSPS) is 12.1. The van der Waals surface area contributed by atoms with Crippen LogP contribution in [0.15, 0.2) is 41.5 Å². The molecule has 0 saturated heterocycles. The lowest BCUT2D eigenvalue weighted by Gasteiger charge is -2.18. The zero-order chi connectivity index (χ0) is 19.6. The molecule has 0 aliphatic heterocycles. The van der Waals surface area contributed by atoms with Crippen LogP contribution in [0.4, 0.5) is 0 Å². The molecule has 0 aliphatic rings. The Balaban J connectivity index is 0.00000392. The summed E-state index contributed by atoms with van der Waals surface area (Å²) in [5, 5.41) is 6.73. The van der Waals surface area contributed by atoms with Crippen LogP contribution in [0, 0.1) is 13.8 Å². The van der Waals surface area contributed by atoms with Crippen LogP contribution in [-0.2, 0) is 13.0 Å². The molecule has 154 valence electrons. The molecule has 0 saturated carbocycles. The second-order valence-electron chi connectivity index (χ2n) is 6.86. The lowest BCUT2D eigenvalue weighted by Crippen LogP contribution is -2.38. The fraction of sp³-hybridized carbons (Fsp3) is 0.455. The van der Waals surface area contributed by atoms with E-state index in [1.165, 1.54) is 11.1 Å². The Morgan fingerprint density at radius 1 is 1.18 bits per heavy atom. The first-order valence-electron chi connectivity index (χ1n) is 9.64. The molecule has 1 heterocycles. The molecule has 0 fully saturated rings. The van der Waals surface area contributed by atoms with Crippen LogP contribution in [0.3, 0.4) is 0 Å². The first kappa shape index (κ1) is 24.2. The number of aromatic nitrogens is 1. The van der Waals surface area contributed by atoms with Gasteiger partial charge in [-0.25, -0.2) is 0 Å². The molecule has 2 N–H and O–H groups in total. The third kappa shape index (κ3) is 8.04. The number of rotatable bonds is 8. The third-order valence-electron chi connectivity index (χ3n) is 4.47. The van der Waals surface area contributed by atoms with E-state index in [0.717, 1.165) is 42.4 Å². The first-order valence-corrected chi connectivity index (χ1v) is 9.64. The summed E-state index contributed by atoms with van der Waals surface area (Å²) in [4.78, 5) is 8.64. The van der Waals surface area contributed by atoms with Crippen molar-refractivity contribution in [2.24, 2.45) is 4.99 Å². The van der Waals surface area contributed by atoms with Crippen molar-refractivity contribution < 1.29 is 4.74 Å². The van der Waals surface area contributed by atoms with Crippen LogP contribution < -0.4 is 15.4 Å². The van der Waals surface area contributed by atoms with Crippen molar-refractivity contribution in [2.45, 2.75) is 53.2 Å². The van der Waals surface area contributed by atoms with E-state index in [4.69, 9.17) is 4.74 Å². The summed E-state index contributed by atoms with van der Waals surface area (Å²) in [6, 6.07) is 10.5. The molecule has 0 spiro atoms. The van der Waals surface area contributed by atoms with Gasteiger partial charge in [0.1, 0.15) is 5.75 Å². The quantitative estimate of drug-likeness (QED) is 0.323. The highest BCUT2D eigenvalue weighted by Gasteiger charge is 2.09. The van der Waals surface area contributed by atoms with Gasteiger partial charge in [0.15, 0.2) is 5.96 Å². The van der Waals surface area contributed by atoms with Crippen molar-refractivity contribution in [1.82, 2.24) is 15.6 Å². The average Bonchev–Trinajstić information content (AvgIpc) is 2.67. The van der Waals surface area contributed by atoms with E-state index in [9.17, 15) is 0 Å². The zero-order valence-electron chi connectivity index (χ0n) is 17.6. The van der Waals surface area contributed by atoms with Crippen molar-refractivity contribution in [3.05, 3.63) is 58.9 Å². The van der Waals surface area contributed by atoms with E-state index in [0.29, 0.717) is 6.54 Å². The van der Waals surface area contributed by atoms with Crippen LogP contribution in [0.25, 0.3) is 0 Å². The minimum absolute atomic E-state index is 0. The highest BCUT2D eigenvalue weighted by Crippen LogP contribution is 2.22. The lowest BCUT2D eigenvalue weighted by molar-refractivity contribution is 0.215. The van der Waals surface area contributed by atoms with Crippen molar-refractivity contribution in [3.8, 4) is 5.75 Å². The smallest absolute Gasteiger partial charge is 0.191 e. The molecule has 2 rings (SSSR count). The second kappa shape index (κ2) is 12.6. The van der Waals surface area contributed by atoms with Gasteiger partial charge in [0.25, 0.3) is 0 Å². The predicted molar refractivity (Wildman–Crippen MR) is 128 cm³/mol. The molecule has 28 heavy (non-hydrogen) atoms. The van der Waals surface area contributed by atoms with E-state index >= 15 is 0 Å². The van der Waals surface area contributed by atoms with Crippen LogP contribution in [0.2, 0.25) is 0 Å². The molecule has 0 aliphatic carbocycles. The fourth-order valence-electron chi connectivity index (χ4n) is 2.59. The summed E-state index contributed by atoms with van der Waals surface area (Å²) >= 11 is 0. The highest BCUT2D eigenvalue weighted by molar-refractivity contribution is 14.0. The number of ether oxygens (including phenoxy) is 1. The SMILES string of the molecule is CCC(C)Oc1cc(C)ccc1CNC(=NC)NCCc1ccc(C)nc1.I. The molecular weight excluding hydrogens is 463 g/mol. The molecule has 0 amide bonds. The summed E-state index contributed by atoms with van der Waals surface area (Å²) in [5.74, 6) is 1.73. The second-order valence-corrected chi connectivity index (χ2v) is 6.86. The minimum Gasteiger partial charge on any atom is -0.490 e. The van der Waals surface area contributed by atoms with Crippen molar-refractivity contribution in [2.75, 3.05) is 13.6 Å². The van der Waals surface area contributed by atoms with Gasteiger partial charge in [0.2, 0.25) is 0 Å².